The Labute approximate surface area is 261 Å². The Bertz CT molecular complexity index is 368. The molecule has 0 saturated carbocycles. The number of rotatable bonds is 37. The molecule has 0 aromatic carbocycles. The highest BCUT2D eigenvalue weighted by atomic mass is 32.2. The van der Waals surface area contributed by atoms with Gasteiger partial charge in [0.2, 0.25) is 0 Å². The molecule has 40 heavy (non-hydrogen) atoms. The zero-order chi connectivity index (χ0) is 28.9. The molecule has 0 aromatic heterocycles. The van der Waals surface area contributed by atoms with Gasteiger partial charge in [-0.25, -0.2) is 0 Å². The zero-order valence-corrected chi connectivity index (χ0v) is 29.4. The largest absolute Gasteiger partial charge is 0.162 e. The van der Waals surface area contributed by atoms with Crippen molar-refractivity contribution in [1.82, 2.24) is 0 Å². The van der Waals surface area contributed by atoms with Crippen molar-refractivity contribution in [3.63, 3.8) is 0 Å². The van der Waals surface area contributed by atoms with Gasteiger partial charge in [0.05, 0.1) is 0 Å². The van der Waals surface area contributed by atoms with Gasteiger partial charge < -0.3 is 0 Å². The van der Waals surface area contributed by atoms with Gasteiger partial charge in [-0.1, -0.05) is 226 Å². The highest BCUT2D eigenvalue weighted by Crippen LogP contribution is 2.17. The molecule has 0 spiro atoms. The number of unbranched alkanes of at least 4 members (excludes halogenated alkanes) is 33. The molecule has 0 N–H and O–H groups in total. The Morgan fingerprint density at radius 3 is 0.525 bits per heavy atom. The van der Waals surface area contributed by atoms with E-state index < -0.39 is 0 Å². The second-order valence-corrected chi connectivity index (χ2v) is 14.5. The van der Waals surface area contributed by atoms with Crippen molar-refractivity contribution in [3.8, 4) is 0 Å². The molecule has 0 radical (unpaired) electrons. The first-order chi connectivity index (χ1) is 19.9. The molecule has 0 rings (SSSR count). The van der Waals surface area contributed by atoms with Crippen molar-refractivity contribution in [1.29, 1.82) is 0 Å². The van der Waals surface area contributed by atoms with Crippen LogP contribution in [0.4, 0.5) is 0 Å². The van der Waals surface area contributed by atoms with Crippen molar-refractivity contribution in [2.75, 3.05) is 11.5 Å². The van der Waals surface area contributed by atoms with Crippen LogP contribution in [0.2, 0.25) is 0 Å². The normalized spacial score (nSPS) is 11.6. The van der Waals surface area contributed by atoms with E-state index >= 15 is 0 Å². The minimum absolute atomic E-state index is 1.37. The molecule has 0 aliphatic carbocycles. The summed E-state index contributed by atoms with van der Waals surface area (Å²) in [5, 5.41) is 0. The van der Waals surface area contributed by atoms with Crippen molar-refractivity contribution < 1.29 is 0 Å². The Morgan fingerprint density at radius 2 is 0.350 bits per heavy atom. The zero-order valence-electron chi connectivity index (χ0n) is 28.6. The van der Waals surface area contributed by atoms with Crippen LogP contribution in [0, 0.1) is 0 Å². The Morgan fingerprint density at radius 1 is 0.200 bits per heavy atom. The van der Waals surface area contributed by atoms with E-state index in [4.69, 9.17) is 0 Å². The first kappa shape index (κ1) is 40.4. The Hall–Kier alpha value is 0.350. The molecule has 0 unspecified atom stereocenters. The maximum absolute atomic E-state index is 2.31. The third-order valence-corrected chi connectivity index (χ3v) is 10.2. The maximum Gasteiger partial charge on any atom is -0.00675 e. The quantitative estimate of drug-likeness (QED) is 0.0658. The average molecular weight is 581 g/mol. The van der Waals surface area contributed by atoms with Gasteiger partial charge in [-0.3, -0.25) is 0 Å². The Kier molecular flexibility index (Phi) is 39.7. The van der Waals surface area contributed by atoms with Crippen molar-refractivity contribution in [2.45, 2.75) is 239 Å². The highest BCUT2D eigenvalue weighted by molar-refractivity contribution is 7.99. The van der Waals surface area contributed by atoms with Gasteiger partial charge in [0.1, 0.15) is 0 Å². The van der Waals surface area contributed by atoms with Gasteiger partial charge in [-0.05, 0) is 24.3 Å². The van der Waals surface area contributed by atoms with Crippen LogP contribution in [0.1, 0.15) is 239 Å². The predicted molar refractivity (Wildman–Crippen MR) is 190 cm³/mol. The highest BCUT2D eigenvalue weighted by Gasteiger charge is 1.97. The summed E-state index contributed by atoms with van der Waals surface area (Å²) in [6, 6.07) is 0. The van der Waals surface area contributed by atoms with Crippen molar-refractivity contribution in [3.05, 3.63) is 0 Å². The standard InChI is InChI=1S/C39H80S/c1-3-5-7-9-11-13-15-17-19-20-21-22-23-25-27-29-31-33-35-37-39-40-38-36-34-32-30-28-26-24-18-16-14-12-10-8-6-4-2/h3-39H2,1-2H3. The summed E-state index contributed by atoms with van der Waals surface area (Å²) in [6.45, 7) is 4.62. The van der Waals surface area contributed by atoms with Crippen molar-refractivity contribution in [2.24, 2.45) is 0 Å². The first-order valence-electron chi connectivity index (χ1n) is 19.5. The molecule has 0 atom stereocenters. The second kappa shape index (κ2) is 39.4. The minimum Gasteiger partial charge on any atom is -0.162 e. The van der Waals surface area contributed by atoms with Crippen LogP contribution in [0.25, 0.3) is 0 Å². The van der Waals surface area contributed by atoms with E-state index in [2.05, 4.69) is 25.6 Å². The molecular weight excluding hydrogens is 500 g/mol. The van der Waals surface area contributed by atoms with E-state index in [1.807, 2.05) is 0 Å². The van der Waals surface area contributed by atoms with Gasteiger partial charge >= 0.3 is 0 Å². The van der Waals surface area contributed by atoms with E-state index in [-0.39, 0.29) is 0 Å². The second-order valence-electron chi connectivity index (χ2n) is 13.3. The fourth-order valence-electron chi connectivity index (χ4n) is 6.14. The molecule has 0 fully saturated rings. The topological polar surface area (TPSA) is 0 Å². The van der Waals surface area contributed by atoms with Gasteiger partial charge in [0.15, 0.2) is 0 Å². The number of thioether (sulfide) groups is 1. The van der Waals surface area contributed by atoms with E-state index in [0.717, 1.165) is 0 Å². The van der Waals surface area contributed by atoms with E-state index in [1.165, 1.54) is 236 Å². The van der Waals surface area contributed by atoms with Crippen LogP contribution in [0.15, 0.2) is 0 Å². The van der Waals surface area contributed by atoms with Crippen molar-refractivity contribution >= 4 is 11.8 Å². The lowest BCUT2D eigenvalue weighted by Crippen LogP contribution is -1.87. The average Bonchev–Trinajstić information content (AvgIpc) is 2.97. The van der Waals surface area contributed by atoms with Gasteiger partial charge in [0, 0.05) is 0 Å². The summed E-state index contributed by atoms with van der Waals surface area (Å²) in [5.74, 6) is 2.83. The molecule has 242 valence electrons. The van der Waals surface area contributed by atoms with Crippen LogP contribution in [-0.2, 0) is 0 Å². The number of hydrogen-bond acceptors (Lipinski definition) is 1. The molecule has 0 aliphatic heterocycles. The lowest BCUT2D eigenvalue weighted by atomic mass is 10.0. The van der Waals surface area contributed by atoms with Crippen LogP contribution < -0.4 is 0 Å². The lowest BCUT2D eigenvalue weighted by Gasteiger charge is -2.05. The fourth-order valence-corrected chi connectivity index (χ4v) is 7.16. The minimum atomic E-state index is 1.37. The lowest BCUT2D eigenvalue weighted by molar-refractivity contribution is 0.523. The molecule has 0 saturated heterocycles. The fraction of sp³-hybridized carbons (Fsp3) is 1.00. The molecule has 0 amide bonds. The molecular formula is C39H80S. The first-order valence-corrected chi connectivity index (χ1v) is 20.6. The van der Waals surface area contributed by atoms with Gasteiger partial charge in [0.25, 0.3) is 0 Å². The summed E-state index contributed by atoms with van der Waals surface area (Å²) in [7, 11) is 0. The van der Waals surface area contributed by atoms with Crippen LogP contribution >= 0.6 is 11.8 Å². The Balaban J connectivity index is 3.01. The summed E-state index contributed by atoms with van der Waals surface area (Å²) in [4.78, 5) is 0. The van der Waals surface area contributed by atoms with E-state index in [1.54, 1.807) is 0 Å². The van der Waals surface area contributed by atoms with Crippen LogP contribution in [0.3, 0.4) is 0 Å². The van der Waals surface area contributed by atoms with E-state index in [9.17, 15) is 0 Å². The summed E-state index contributed by atoms with van der Waals surface area (Å²) < 4.78 is 0. The van der Waals surface area contributed by atoms with Crippen LogP contribution in [0.5, 0.6) is 0 Å². The van der Waals surface area contributed by atoms with Gasteiger partial charge in [-0.2, -0.15) is 11.8 Å². The third-order valence-electron chi connectivity index (χ3n) is 9.03. The van der Waals surface area contributed by atoms with E-state index in [0.29, 0.717) is 0 Å². The molecule has 1 heteroatoms. The monoisotopic (exact) mass is 581 g/mol. The number of hydrogen-bond donors (Lipinski definition) is 0. The molecule has 0 aliphatic rings. The predicted octanol–water partition coefficient (Wildman–Crippen LogP) is 15.4. The third kappa shape index (κ3) is 38.4. The molecule has 0 nitrogen and oxygen atoms in total. The molecule has 0 aromatic rings. The SMILES string of the molecule is CCCCCCCCCCCCCCCCCCCCCCSCCCCCCCCCCCCCCCCC. The van der Waals surface area contributed by atoms with Crippen LogP contribution in [-0.4, -0.2) is 11.5 Å². The molecule has 0 heterocycles. The van der Waals surface area contributed by atoms with Gasteiger partial charge in [-0.15, -0.1) is 0 Å². The maximum atomic E-state index is 2.31. The summed E-state index contributed by atoms with van der Waals surface area (Å²) in [6.07, 6.45) is 51.7. The molecule has 0 bridgehead atoms. The summed E-state index contributed by atoms with van der Waals surface area (Å²) in [5.41, 5.74) is 0. The smallest absolute Gasteiger partial charge is 0.00675 e. The summed E-state index contributed by atoms with van der Waals surface area (Å²) >= 11 is 2.23.